The van der Waals surface area contributed by atoms with Gasteiger partial charge >= 0.3 is 0 Å². The minimum Gasteiger partial charge on any atom is -0.490 e. The highest BCUT2D eigenvalue weighted by Gasteiger charge is 2.07. The molecular formula is C16H16N2O2. The first-order valence-corrected chi connectivity index (χ1v) is 6.45. The minimum absolute atomic E-state index is 0.369. The van der Waals surface area contributed by atoms with E-state index in [0.717, 1.165) is 11.4 Å². The quantitative estimate of drug-likeness (QED) is 0.835. The SMILES string of the molecule is CCOc1cc(C#N)ccc1OCc1cccc(C)n1. The maximum atomic E-state index is 8.90. The van der Waals surface area contributed by atoms with Crippen LogP contribution in [0.2, 0.25) is 0 Å². The summed E-state index contributed by atoms with van der Waals surface area (Å²) in [5.41, 5.74) is 2.36. The van der Waals surface area contributed by atoms with Crippen LogP contribution in [0.3, 0.4) is 0 Å². The zero-order valence-electron chi connectivity index (χ0n) is 11.6. The first-order valence-electron chi connectivity index (χ1n) is 6.45. The van der Waals surface area contributed by atoms with Crippen LogP contribution in [-0.4, -0.2) is 11.6 Å². The predicted octanol–water partition coefficient (Wildman–Crippen LogP) is 3.24. The Morgan fingerprint density at radius 1 is 1.15 bits per heavy atom. The Labute approximate surface area is 118 Å². The molecule has 0 saturated heterocycles. The van der Waals surface area contributed by atoms with Crippen molar-refractivity contribution in [3.05, 3.63) is 53.3 Å². The fourth-order valence-electron chi connectivity index (χ4n) is 1.80. The van der Waals surface area contributed by atoms with Gasteiger partial charge in [0.05, 0.1) is 23.9 Å². The smallest absolute Gasteiger partial charge is 0.162 e. The molecule has 20 heavy (non-hydrogen) atoms. The summed E-state index contributed by atoms with van der Waals surface area (Å²) in [7, 11) is 0. The molecule has 0 unspecified atom stereocenters. The first kappa shape index (κ1) is 13.9. The lowest BCUT2D eigenvalue weighted by atomic mass is 10.2. The lowest BCUT2D eigenvalue weighted by molar-refractivity contribution is 0.266. The summed E-state index contributed by atoms with van der Waals surface area (Å²) < 4.78 is 11.2. The van der Waals surface area contributed by atoms with Gasteiger partial charge in [0, 0.05) is 11.8 Å². The molecule has 0 aliphatic rings. The van der Waals surface area contributed by atoms with E-state index in [1.54, 1.807) is 18.2 Å². The lowest BCUT2D eigenvalue weighted by Crippen LogP contribution is -2.02. The highest BCUT2D eigenvalue weighted by atomic mass is 16.5. The number of hydrogen-bond donors (Lipinski definition) is 0. The summed E-state index contributed by atoms with van der Waals surface area (Å²) in [5.74, 6) is 1.20. The van der Waals surface area contributed by atoms with Crippen molar-refractivity contribution in [3.63, 3.8) is 0 Å². The zero-order chi connectivity index (χ0) is 14.4. The number of pyridine rings is 1. The normalized spacial score (nSPS) is 9.85. The summed E-state index contributed by atoms with van der Waals surface area (Å²) in [6.45, 7) is 4.73. The fourth-order valence-corrected chi connectivity index (χ4v) is 1.80. The van der Waals surface area contributed by atoms with Crippen molar-refractivity contribution in [1.29, 1.82) is 5.26 Å². The van der Waals surface area contributed by atoms with Crippen LogP contribution in [0.4, 0.5) is 0 Å². The summed E-state index contributed by atoms with van der Waals surface area (Å²) in [4.78, 5) is 4.38. The molecule has 1 aromatic carbocycles. The van der Waals surface area contributed by atoms with Crippen LogP contribution < -0.4 is 9.47 Å². The van der Waals surface area contributed by atoms with E-state index in [1.165, 1.54) is 0 Å². The number of rotatable bonds is 5. The van der Waals surface area contributed by atoms with Crippen LogP contribution in [0.25, 0.3) is 0 Å². The third kappa shape index (κ3) is 3.48. The number of benzene rings is 1. The van der Waals surface area contributed by atoms with Gasteiger partial charge < -0.3 is 9.47 Å². The summed E-state index contributed by atoms with van der Waals surface area (Å²) >= 11 is 0. The number of hydrogen-bond acceptors (Lipinski definition) is 4. The highest BCUT2D eigenvalue weighted by molar-refractivity contribution is 5.46. The second-order valence-electron chi connectivity index (χ2n) is 4.27. The van der Waals surface area contributed by atoms with Gasteiger partial charge in [-0.15, -0.1) is 0 Å². The summed E-state index contributed by atoms with van der Waals surface area (Å²) in [6, 6.07) is 13.0. The van der Waals surface area contributed by atoms with Gasteiger partial charge in [0.15, 0.2) is 11.5 Å². The molecule has 0 fully saturated rings. The molecule has 1 aromatic heterocycles. The topological polar surface area (TPSA) is 55.1 Å². The Morgan fingerprint density at radius 2 is 2.00 bits per heavy atom. The third-order valence-corrected chi connectivity index (χ3v) is 2.69. The van der Waals surface area contributed by atoms with E-state index in [-0.39, 0.29) is 0 Å². The van der Waals surface area contributed by atoms with Crippen LogP contribution >= 0.6 is 0 Å². The summed E-state index contributed by atoms with van der Waals surface area (Å²) in [5, 5.41) is 8.90. The Balaban J connectivity index is 2.14. The molecule has 4 heteroatoms. The van der Waals surface area contributed by atoms with Gasteiger partial charge in [-0.3, -0.25) is 4.98 Å². The largest absolute Gasteiger partial charge is 0.490 e. The van der Waals surface area contributed by atoms with Crippen molar-refractivity contribution >= 4 is 0 Å². The van der Waals surface area contributed by atoms with Crippen molar-refractivity contribution in [2.75, 3.05) is 6.61 Å². The average molecular weight is 268 g/mol. The summed E-state index contributed by atoms with van der Waals surface area (Å²) in [6.07, 6.45) is 0. The van der Waals surface area contributed by atoms with Crippen molar-refractivity contribution < 1.29 is 9.47 Å². The van der Waals surface area contributed by atoms with Gasteiger partial charge in [-0.1, -0.05) is 6.07 Å². The molecule has 2 aromatic rings. The van der Waals surface area contributed by atoms with Gasteiger partial charge in [0.2, 0.25) is 0 Å². The molecule has 0 saturated carbocycles. The van der Waals surface area contributed by atoms with Crippen molar-refractivity contribution in [1.82, 2.24) is 4.98 Å². The molecule has 0 spiro atoms. The monoisotopic (exact) mass is 268 g/mol. The van der Waals surface area contributed by atoms with E-state index in [1.807, 2.05) is 32.0 Å². The number of aromatic nitrogens is 1. The van der Waals surface area contributed by atoms with Crippen LogP contribution in [0, 0.1) is 18.3 Å². The fraction of sp³-hybridized carbons (Fsp3) is 0.250. The number of aryl methyl sites for hydroxylation is 1. The predicted molar refractivity (Wildman–Crippen MR) is 75.6 cm³/mol. The Morgan fingerprint density at radius 3 is 2.70 bits per heavy atom. The third-order valence-electron chi connectivity index (χ3n) is 2.69. The van der Waals surface area contributed by atoms with Gasteiger partial charge in [-0.25, -0.2) is 0 Å². The molecule has 0 radical (unpaired) electrons. The maximum Gasteiger partial charge on any atom is 0.162 e. The first-order chi connectivity index (χ1) is 9.72. The molecular weight excluding hydrogens is 252 g/mol. The molecule has 0 aliphatic carbocycles. The molecule has 4 nitrogen and oxygen atoms in total. The van der Waals surface area contributed by atoms with Gasteiger partial charge in [-0.05, 0) is 38.1 Å². The van der Waals surface area contributed by atoms with Crippen molar-refractivity contribution in [3.8, 4) is 17.6 Å². The van der Waals surface area contributed by atoms with E-state index in [9.17, 15) is 0 Å². The van der Waals surface area contributed by atoms with E-state index in [2.05, 4.69) is 11.1 Å². The van der Waals surface area contributed by atoms with Gasteiger partial charge in [-0.2, -0.15) is 5.26 Å². The average Bonchev–Trinajstić information content (AvgIpc) is 2.46. The van der Waals surface area contributed by atoms with E-state index < -0.39 is 0 Å². The molecule has 0 N–H and O–H groups in total. The molecule has 0 amide bonds. The standard InChI is InChI=1S/C16H16N2O2/c1-3-19-16-9-13(10-17)7-8-15(16)20-11-14-6-4-5-12(2)18-14/h4-9H,3,11H2,1-2H3. The number of nitrogens with zero attached hydrogens (tertiary/aromatic N) is 2. The highest BCUT2D eigenvalue weighted by Crippen LogP contribution is 2.28. The Kier molecular flexibility index (Phi) is 4.56. The van der Waals surface area contributed by atoms with Gasteiger partial charge in [0.25, 0.3) is 0 Å². The Bertz CT molecular complexity index is 633. The Hall–Kier alpha value is -2.54. The second-order valence-corrected chi connectivity index (χ2v) is 4.27. The van der Waals surface area contributed by atoms with E-state index in [0.29, 0.717) is 30.3 Å². The molecule has 0 atom stereocenters. The van der Waals surface area contributed by atoms with Crippen molar-refractivity contribution in [2.24, 2.45) is 0 Å². The molecule has 1 heterocycles. The van der Waals surface area contributed by atoms with Crippen LogP contribution in [0.5, 0.6) is 11.5 Å². The van der Waals surface area contributed by atoms with E-state index in [4.69, 9.17) is 14.7 Å². The lowest BCUT2D eigenvalue weighted by Gasteiger charge is -2.12. The second kappa shape index (κ2) is 6.58. The number of ether oxygens (including phenoxy) is 2. The minimum atomic E-state index is 0.369. The number of nitriles is 1. The molecule has 2 rings (SSSR count). The zero-order valence-corrected chi connectivity index (χ0v) is 11.6. The van der Waals surface area contributed by atoms with Crippen molar-refractivity contribution in [2.45, 2.75) is 20.5 Å². The van der Waals surface area contributed by atoms with Gasteiger partial charge in [0.1, 0.15) is 6.61 Å². The molecule has 102 valence electrons. The molecule has 0 bridgehead atoms. The molecule has 0 aliphatic heterocycles. The van der Waals surface area contributed by atoms with Crippen LogP contribution in [0.15, 0.2) is 36.4 Å². The maximum absolute atomic E-state index is 8.90. The van der Waals surface area contributed by atoms with Crippen LogP contribution in [0.1, 0.15) is 23.9 Å². The van der Waals surface area contributed by atoms with E-state index >= 15 is 0 Å². The van der Waals surface area contributed by atoms with Crippen LogP contribution in [-0.2, 0) is 6.61 Å².